The zero-order chi connectivity index (χ0) is 9.68. The van der Waals surface area contributed by atoms with Crippen LogP contribution in [-0.4, -0.2) is 13.0 Å². The van der Waals surface area contributed by atoms with Gasteiger partial charge >= 0.3 is 0 Å². The molecule has 66 valence electrons. The molecule has 0 aliphatic carbocycles. The van der Waals surface area contributed by atoms with E-state index in [2.05, 4.69) is 11.8 Å². The number of hydrogen-bond donors (Lipinski definition) is 1. The van der Waals surface area contributed by atoms with Gasteiger partial charge in [-0.25, -0.2) is 0 Å². The van der Waals surface area contributed by atoms with Crippen LogP contribution in [0.4, 0.5) is 0 Å². The molecule has 1 rings (SSSR count). The molecular weight excluding hydrogens is 166 g/mol. The number of benzene rings is 1. The minimum atomic E-state index is -0.629. The van der Waals surface area contributed by atoms with Crippen LogP contribution < -0.4 is 10.5 Å². The second-order valence-corrected chi connectivity index (χ2v) is 2.34. The van der Waals surface area contributed by atoms with Crippen LogP contribution in [0, 0.1) is 11.8 Å². The number of rotatable bonds is 1. The fourth-order valence-electron chi connectivity index (χ4n) is 0.808. The van der Waals surface area contributed by atoms with Gasteiger partial charge in [0.1, 0.15) is 5.75 Å². The van der Waals surface area contributed by atoms with Gasteiger partial charge in [0.05, 0.1) is 7.11 Å². The predicted octanol–water partition coefficient (Wildman–Crippen LogP) is 0.532. The molecular formula is C10H9NO2. The summed E-state index contributed by atoms with van der Waals surface area (Å²) in [5, 5.41) is 0. The Kier molecular flexibility index (Phi) is 2.93. The highest BCUT2D eigenvalue weighted by molar-refractivity contribution is 5.92. The van der Waals surface area contributed by atoms with Crippen LogP contribution in [0.3, 0.4) is 0 Å². The van der Waals surface area contributed by atoms with Gasteiger partial charge in [-0.15, -0.1) is 0 Å². The molecule has 1 aromatic carbocycles. The molecule has 0 saturated carbocycles. The first-order valence-corrected chi connectivity index (χ1v) is 3.68. The number of primary amides is 1. The molecule has 0 aliphatic rings. The van der Waals surface area contributed by atoms with Gasteiger partial charge in [-0.3, -0.25) is 4.79 Å². The number of carbonyl (C=O) groups is 1. The van der Waals surface area contributed by atoms with Gasteiger partial charge in [0.2, 0.25) is 0 Å². The number of amides is 1. The first-order valence-electron chi connectivity index (χ1n) is 3.68. The summed E-state index contributed by atoms with van der Waals surface area (Å²) in [6.07, 6.45) is 0. The topological polar surface area (TPSA) is 52.3 Å². The molecule has 13 heavy (non-hydrogen) atoms. The van der Waals surface area contributed by atoms with Crippen molar-refractivity contribution < 1.29 is 9.53 Å². The van der Waals surface area contributed by atoms with E-state index < -0.39 is 5.91 Å². The Bertz CT molecular complexity index is 357. The summed E-state index contributed by atoms with van der Waals surface area (Å²) in [7, 11) is 1.59. The van der Waals surface area contributed by atoms with E-state index in [9.17, 15) is 4.79 Å². The molecule has 2 N–H and O–H groups in total. The fraction of sp³-hybridized carbons (Fsp3) is 0.100. The minimum absolute atomic E-state index is 0.629. The predicted molar refractivity (Wildman–Crippen MR) is 49.1 cm³/mol. The van der Waals surface area contributed by atoms with E-state index in [1.54, 1.807) is 31.4 Å². The Morgan fingerprint density at radius 2 is 2.00 bits per heavy atom. The third-order valence-electron chi connectivity index (χ3n) is 1.42. The van der Waals surface area contributed by atoms with E-state index in [1.807, 2.05) is 0 Å². The van der Waals surface area contributed by atoms with Crippen LogP contribution in [0.1, 0.15) is 5.56 Å². The van der Waals surface area contributed by atoms with E-state index in [1.165, 1.54) is 0 Å². The van der Waals surface area contributed by atoms with Crippen molar-refractivity contribution in [3.05, 3.63) is 29.8 Å². The van der Waals surface area contributed by atoms with Crippen molar-refractivity contribution in [3.63, 3.8) is 0 Å². The average molecular weight is 175 g/mol. The minimum Gasteiger partial charge on any atom is -0.497 e. The smallest absolute Gasteiger partial charge is 0.293 e. The highest BCUT2D eigenvalue weighted by Gasteiger charge is 1.89. The standard InChI is InChI=1S/C10H9NO2/c1-13-9-5-2-8(3-6-9)4-7-10(11)12/h2-3,5-6H,1H3,(H2,11,12). The number of methoxy groups -OCH3 is 1. The summed E-state index contributed by atoms with van der Waals surface area (Å²) in [5.74, 6) is 4.99. The Balaban J connectivity index is 2.83. The van der Waals surface area contributed by atoms with Crippen molar-refractivity contribution in [3.8, 4) is 17.6 Å². The number of ether oxygens (including phenoxy) is 1. The molecule has 0 radical (unpaired) electrons. The SMILES string of the molecule is COc1ccc(C#CC(N)=O)cc1. The molecule has 0 aliphatic heterocycles. The van der Waals surface area contributed by atoms with E-state index in [-0.39, 0.29) is 0 Å². The van der Waals surface area contributed by atoms with Gasteiger partial charge in [0.25, 0.3) is 5.91 Å². The highest BCUT2D eigenvalue weighted by Crippen LogP contribution is 2.09. The lowest BCUT2D eigenvalue weighted by Gasteiger charge is -1.97. The van der Waals surface area contributed by atoms with E-state index >= 15 is 0 Å². The lowest BCUT2D eigenvalue weighted by atomic mass is 10.2. The summed E-state index contributed by atoms with van der Waals surface area (Å²) in [4.78, 5) is 10.3. The van der Waals surface area contributed by atoms with Gasteiger partial charge in [0.15, 0.2) is 0 Å². The molecule has 0 saturated heterocycles. The normalized spacial score (nSPS) is 8.38. The largest absolute Gasteiger partial charge is 0.497 e. The zero-order valence-corrected chi connectivity index (χ0v) is 7.20. The zero-order valence-electron chi connectivity index (χ0n) is 7.20. The first-order chi connectivity index (χ1) is 6.22. The Morgan fingerprint density at radius 1 is 1.38 bits per heavy atom. The van der Waals surface area contributed by atoms with Crippen molar-refractivity contribution in [1.29, 1.82) is 0 Å². The molecule has 0 unspecified atom stereocenters. The third-order valence-corrected chi connectivity index (χ3v) is 1.42. The molecule has 1 aromatic rings. The summed E-state index contributed by atoms with van der Waals surface area (Å²) in [6.45, 7) is 0. The monoisotopic (exact) mass is 175 g/mol. The lowest BCUT2D eigenvalue weighted by molar-refractivity contribution is -0.112. The quantitative estimate of drug-likeness (QED) is 0.633. The van der Waals surface area contributed by atoms with E-state index in [4.69, 9.17) is 10.5 Å². The second-order valence-electron chi connectivity index (χ2n) is 2.34. The summed E-state index contributed by atoms with van der Waals surface area (Å²) in [5.41, 5.74) is 5.59. The van der Waals surface area contributed by atoms with Crippen LogP contribution in [0.2, 0.25) is 0 Å². The number of carbonyl (C=O) groups excluding carboxylic acids is 1. The van der Waals surface area contributed by atoms with Crippen molar-refractivity contribution in [2.75, 3.05) is 7.11 Å². The average Bonchev–Trinajstić information content (AvgIpc) is 2.15. The molecule has 0 heterocycles. The van der Waals surface area contributed by atoms with Crippen molar-refractivity contribution in [2.24, 2.45) is 5.73 Å². The molecule has 0 bridgehead atoms. The maximum Gasteiger partial charge on any atom is 0.293 e. The molecule has 0 fully saturated rings. The Labute approximate surface area is 76.5 Å². The maximum atomic E-state index is 10.3. The molecule has 0 aromatic heterocycles. The molecule has 3 heteroatoms. The van der Waals surface area contributed by atoms with Gasteiger partial charge < -0.3 is 10.5 Å². The summed E-state index contributed by atoms with van der Waals surface area (Å²) in [6, 6.07) is 7.06. The fourth-order valence-corrected chi connectivity index (χ4v) is 0.808. The highest BCUT2D eigenvalue weighted by atomic mass is 16.5. The van der Waals surface area contributed by atoms with Crippen LogP contribution in [0.25, 0.3) is 0 Å². The van der Waals surface area contributed by atoms with Crippen LogP contribution in [0.15, 0.2) is 24.3 Å². The van der Waals surface area contributed by atoms with Gasteiger partial charge in [0, 0.05) is 5.56 Å². The van der Waals surface area contributed by atoms with Crippen molar-refractivity contribution in [2.45, 2.75) is 0 Å². The molecule has 0 spiro atoms. The molecule has 1 amide bonds. The van der Waals surface area contributed by atoms with Crippen molar-refractivity contribution >= 4 is 5.91 Å². The van der Waals surface area contributed by atoms with Crippen LogP contribution in [0.5, 0.6) is 5.75 Å². The van der Waals surface area contributed by atoms with Crippen LogP contribution >= 0.6 is 0 Å². The van der Waals surface area contributed by atoms with Crippen LogP contribution in [-0.2, 0) is 4.79 Å². The maximum absolute atomic E-state index is 10.3. The second kappa shape index (κ2) is 4.17. The van der Waals surface area contributed by atoms with Gasteiger partial charge in [-0.05, 0) is 30.2 Å². The Morgan fingerprint density at radius 3 is 2.46 bits per heavy atom. The summed E-state index contributed by atoms with van der Waals surface area (Å²) < 4.78 is 4.95. The van der Waals surface area contributed by atoms with Crippen molar-refractivity contribution in [1.82, 2.24) is 0 Å². The van der Waals surface area contributed by atoms with E-state index in [0.29, 0.717) is 0 Å². The number of hydrogen-bond acceptors (Lipinski definition) is 2. The van der Waals surface area contributed by atoms with Gasteiger partial charge in [-0.1, -0.05) is 5.92 Å². The Hall–Kier alpha value is -1.95. The third kappa shape index (κ3) is 2.88. The molecule has 0 atom stereocenters. The van der Waals surface area contributed by atoms with E-state index in [0.717, 1.165) is 11.3 Å². The number of nitrogens with two attached hydrogens (primary N) is 1. The van der Waals surface area contributed by atoms with Gasteiger partial charge in [-0.2, -0.15) is 0 Å². The first kappa shape index (κ1) is 9.14. The summed E-state index contributed by atoms with van der Waals surface area (Å²) >= 11 is 0. The lowest BCUT2D eigenvalue weighted by Crippen LogP contribution is -2.06. The molecule has 3 nitrogen and oxygen atoms in total.